The zero-order chi connectivity index (χ0) is 15.5. The molecule has 0 aromatic heterocycles. The second-order valence-corrected chi connectivity index (χ2v) is 6.94. The normalized spacial score (nSPS) is 26.0. The van der Waals surface area contributed by atoms with Crippen LogP contribution in [-0.4, -0.2) is 29.6 Å². The van der Waals surface area contributed by atoms with Crippen LogP contribution in [0, 0.1) is 18.3 Å². The summed E-state index contributed by atoms with van der Waals surface area (Å²) in [6.45, 7) is 5.71. The number of hydrogen-bond acceptors (Lipinski definition) is 2. The van der Waals surface area contributed by atoms with E-state index < -0.39 is 11.4 Å². The minimum Gasteiger partial charge on any atom is -0.481 e. The lowest BCUT2D eigenvalue weighted by molar-refractivity contribution is -0.153. The SMILES string of the molecule is Cc1ccc(CN(C)CC2(C(=O)O)CCCC(C)C2)cc1. The Morgan fingerprint density at radius 2 is 2.05 bits per heavy atom. The second kappa shape index (κ2) is 6.61. The molecule has 116 valence electrons. The van der Waals surface area contributed by atoms with Gasteiger partial charge in [0, 0.05) is 13.1 Å². The van der Waals surface area contributed by atoms with Crippen LogP contribution < -0.4 is 0 Å². The Kier molecular flexibility index (Phi) is 5.04. The molecule has 1 N–H and O–H groups in total. The number of nitrogens with zero attached hydrogens (tertiary/aromatic N) is 1. The Morgan fingerprint density at radius 1 is 1.38 bits per heavy atom. The minimum atomic E-state index is -0.621. The fourth-order valence-electron chi connectivity index (χ4n) is 3.64. The molecule has 2 unspecified atom stereocenters. The third-order valence-electron chi connectivity index (χ3n) is 4.69. The van der Waals surface area contributed by atoms with Gasteiger partial charge >= 0.3 is 5.97 Å². The van der Waals surface area contributed by atoms with Gasteiger partial charge in [0.25, 0.3) is 0 Å². The van der Waals surface area contributed by atoms with Gasteiger partial charge < -0.3 is 10.0 Å². The van der Waals surface area contributed by atoms with Crippen LogP contribution in [0.15, 0.2) is 24.3 Å². The quantitative estimate of drug-likeness (QED) is 0.898. The highest BCUT2D eigenvalue weighted by Gasteiger charge is 2.42. The van der Waals surface area contributed by atoms with Gasteiger partial charge in [-0.3, -0.25) is 4.79 Å². The molecule has 2 atom stereocenters. The molecule has 1 aromatic carbocycles. The minimum absolute atomic E-state index is 0.516. The summed E-state index contributed by atoms with van der Waals surface area (Å²) in [5.41, 5.74) is 1.94. The van der Waals surface area contributed by atoms with Gasteiger partial charge in [-0.25, -0.2) is 0 Å². The lowest BCUT2D eigenvalue weighted by Gasteiger charge is -2.39. The van der Waals surface area contributed by atoms with Crippen LogP contribution in [0.1, 0.15) is 43.7 Å². The number of carboxylic acid groups (broad SMARTS) is 1. The lowest BCUT2D eigenvalue weighted by Crippen LogP contribution is -2.44. The fraction of sp³-hybridized carbons (Fsp3) is 0.611. The molecule has 0 radical (unpaired) electrons. The van der Waals surface area contributed by atoms with E-state index in [4.69, 9.17) is 0 Å². The van der Waals surface area contributed by atoms with Gasteiger partial charge in [-0.15, -0.1) is 0 Å². The lowest BCUT2D eigenvalue weighted by atomic mass is 9.69. The topological polar surface area (TPSA) is 40.5 Å². The van der Waals surface area contributed by atoms with Crippen LogP contribution in [0.5, 0.6) is 0 Å². The zero-order valence-corrected chi connectivity index (χ0v) is 13.4. The van der Waals surface area contributed by atoms with Gasteiger partial charge in [0.1, 0.15) is 0 Å². The van der Waals surface area contributed by atoms with E-state index in [1.165, 1.54) is 11.1 Å². The van der Waals surface area contributed by atoms with Gasteiger partial charge in [0.15, 0.2) is 0 Å². The summed E-state index contributed by atoms with van der Waals surface area (Å²) in [6, 6.07) is 8.48. The van der Waals surface area contributed by atoms with E-state index in [2.05, 4.69) is 43.0 Å². The third-order valence-corrected chi connectivity index (χ3v) is 4.69. The molecule has 21 heavy (non-hydrogen) atoms. The Hall–Kier alpha value is -1.35. The van der Waals surface area contributed by atoms with Crippen LogP contribution in [-0.2, 0) is 11.3 Å². The molecule has 0 aliphatic heterocycles. The zero-order valence-electron chi connectivity index (χ0n) is 13.4. The van der Waals surface area contributed by atoms with Crippen molar-refractivity contribution < 1.29 is 9.90 Å². The molecule has 3 heteroatoms. The van der Waals surface area contributed by atoms with Gasteiger partial charge in [0.05, 0.1) is 5.41 Å². The first-order chi connectivity index (χ1) is 9.91. The maximum absolute atomic E-state index is 11.8. The van der Waals surface area contributed by atoms with Crippen molar-refractivity contribution >= 4 is 5.97 Å². The van der Waals surface area contributed by atoms with Crippen molar-refractivity contribution in [2.45, 2.75) is 46.1 Å². The maximum Gasteiger partial charge on any atom is 0.310 e. The fourth-order valence-corrected chi connectivity index (χ4v) is 3.64. The van der Waals surface area contributed by atoms with E-state index in [9.17, 15) is 9.90 Å². The maximum atomic E-state index is 11.8. The molecule has 0 bridgehead atoms. The standard InChI is InChI=1S/C18H27NO2/c1-14-6-8-16(9-7-14)12-19(3)13-18(17(20)21)10-4-5-15(2)11-18/h6-9,15H,4-5,10-13H2,1-3H3,(H,20,21). The van der Waals surface area contributed by atoms with E-state index in [-0.39, 0.29) is 0 Å². The van der Waals surface area contributed by atoms with Gasteiger partial charge in [0.2, 0.25) is 0 Å². The molecule has 3 nitrogen and oxygen atoms in total. The number of rotatable bonds is 5. The summed E-state index contributed by atoms with van der Waals surface area (Å²) >= 11 is 0. The average molecular weight is 289 g/mol. The molecule has 1 aliphatic rings. The number of aliphatic carboxylic acids is 1. The summed E-state index contributed by atoms with van der Waals surface area (Å²) in [4.78, 5) is 14.0. The van der Waals surface area contributed by atoms with E-state index in [0.29, 0.717) is 12.5 Å². The van der Waals surface area contributed by atoms with E-state index in [1.54, 1.807) is 0 Å². The number of hydrogen-bond donors (Lipinski definition) is 1. The summed E-state index contributed by atoms with van der Waals surface area (Å²) < 4.78 is 0. The van der Waals surface area contributed by atoms with Crippen LogP contribution in [0.4, 0.5) is 0 Å². The van der Waals surface area contributed by atoms with Gasteiger partial charge in [-0.05, 0) is 38.3 Å². The molecular weight excluding hydrogens is 262 g/mol. The summed E-state index contributed by atoms with van der Waals surface area (Å²) in [5, 5.41) is 9.73. The van der Waals surface area contributed by atoms with Crippen LogP contribution in [0.3, 0.4) is 0 Å². The number of aryl methyl sites for hydroxylation is 1. The van der Waals surface area contributed by atoms with E-state index in [1.807, 2.05) is 7.05 Å². The number of carboxylic acids is 1. The van der Waals surface area contributed by atoms with Crippen LogP contribution >= 0.6 is 0 Å². The second-order valence-electron chi connectivity index (χ2n) is 6.94. The van der Waals surface area contributed by atoms with Gasteiger partial charge in [-0.1, -0.05) is 49.6 Å². The third kappa shape index (κ3) is 4.07. The smallest absolute Gasteiger partial charge is 0.310 e. The molecule has 0 amide bonds. The Bertz CT molecular complexity index is 482. The van der Waals surface area contributed by atoms with Crippen molar-refractivity contribution in [3.8, 4) is 0 Å². The first kappa shape index (κ1) is 16.0. The molecule has 1 saturated carbocycles. The van der Waals surface area contributed by atoms with Crippen molar-refractivity contribution in [2.24, 2.45) is 11.3 Å². The molecule has 1 aromatic rings. The summed E-state index contributed by atoms with van der Waals surface area (Å²) in [5.74, 6) is -0.104. The first-order valence-corrected chi connectivity index (χ1v) is 7.89. The van der Waals surface area contributed by atoms with Crippen molar-refractivity contribution in [1.29, 1.82) is 0 Å². The Balaban J connectivity index is 2.03. The number of carbonyl (C=O) groups is 1. The molecular formula is C18H27NO2. The Labute approximate surface area is 128 Å². The van der Waals surface area contributed by atoms with Crippen molar-refractivity contribution in [3.63, 3.8) is 0 Å². The highest BCUT2D eigenvalue weighted by atomic mass is 16.4. The molecule has 0 saturated heterocycles. The molecule has 0 spiro atoms. The molecule has 2 rings (SSSR count). The Morgan fingerprint density at radius 3 is 2.62 bits per heavy atom. The first-order valence-electron chi connectivity index (χ1n) is 7.89. The van der Waals surface area contributed by atoms with E-state index >= 15 is 0 Å². The summed E-state index contributed by atoms with van der Waals surface area (Å²) in [7, 11) is 2.03. The van der Waals surface area contributed by atoms with Crippen molar-refractivity contribution in [2.75, 3.05) is 13.6 Å². The van der Waals surface area contributed by atoms with Crippen LogP contribution in [0.2, 0.25) is 0 Å². The molecule has 1 fully saturated rings. The largest absolute Gasteiger partial charge is 0.481 e. The van der Waals surface area contributed by atoms with Crippen molar-refractivity contribution in [3.05, 3.63) is 35.4 Å². The predicted molar refractivity (Wildman–Crippen MR) is 85.2 cm³/mol. The molecule has 1 aliphatic carbocycles. The van der Waals surface area contributed by atoms with Crippen molar-refractivity contribution in [1.82, 2.24) is 4.90 Å². The predicted octanol–water partition coefficient (Wildman–Crippen LogP) is 3.71. The highest BCUT2D eigenvalue weighted by Crippen LogP contribution is 2.40. The molecule has 0 heterocycles. The summed E-state index contributed by atoms with van der Waals surface area (Å²) in [6.07, 6.45) is 3.81. The monoisotopic (exact) mass is 289 g/mol. The van der Waals surface area contributed by atoms with Gasteiger partial charge in [-0.2, -0.15) is 0 Å². The number of benzene rings is 1. The average Bonchev–Trinajstić information content (AvgIpc) is 2.41. The highest BCUT2D eigenvalue weighted by molar-refractivity contribution is 5.75. The van der Waals surface area contributed by atoms with E-state index in [0.717, 1.165) is 32.2 Å². The van der Waals surface area contributed by atoms with Crippen LogP contribution in [0.25, 0.3) is 0 Å².